The zero-order valence-electron chi connectivity index (χ0n) is 12.8. The van der Waals surface area contributed by atoms with E-state index in [9.17, 15) is 9.59 Å². The Labute approximate surface area is 138 Å². The first kappa shape index (κ1) is 22.9. The third-order valence-electron chi connectivity index (χ3n) is 3.01. The maximum absolute atomic E-state index is 10.8. The van der Waals surface area contributed by atoms with E-state index < -0.39 is 0 Å². The molecule has 123 valence electrons. The summed E-state index contributed by atoms with van der Waals surface area (Å²) in [4.78, 5) is 21.0. The van der Waals surface area contributed by atoms with Gasteiger partial charge in [0.25, 0.3) is 0 Å². The minimum Gasteiger partial charge on any atom is -0.394 e. The van der Waals surface area contributed by atoms with Gasteiger partial charge in [0, 0.05) is 37.3 Å². The predicted octanol–water partition coefficient (Wildman–Crippen LogP) is 0.650. The van der Waals surface area contributed by atoms with Gasteiger partial charge in [0.15, 0.2) is 0 Å². The number of ketones is 1. The molecule has 1 amide bonds. The van der Waals surface area contributed by atoms with Crippen molar-refractivity contribution in [1.82, 2.24) is 0 Å². The van der Waals surface area contributed by atoms with Crippen LogP contribution in [0.3, 0.4) is 0 Å². The van der Waals surface area contributed by atoms with Gasteiger partial charge in [-0.1, -0.05) is 13.3 Å². The van der Waals surface area contributed by atoms with Crippen LogP contribution in [0.25, 0.3) is 0 Å². The van der Waals surface area contributed by atoms with Crippen molar-refractivity contribution in [3.05, 3.63) is 0 Å². The number of carbonyl (C=O) groups is 2. The summed E-state index contributed by atoms with van der Waals surface area (Å²) in [5, 5.41) is 8.31. The van der Waals surface area contributed by atoms with Crippen molar-refractivity contribution in [1.29, 1.82) is 0 Å². The van der Waals surface area contributed by atoms with Crippen molar-refractivity contribution in [2.24, 2.45) is 11.7 Å². The fourth-order valence-electron chi connectivity index (χ4n) is 1.58. The number of hydrogen-bond acceptors (Lipinski definition) is 5. The van der Waals surface area contributed by atoms with Crippen molar-refractivity contribution >= 4 is 11.7 Å². The second kappa shape index (κ2) is 16.0. The van der Waals surface area contributed by atoms with E-state index in [2.05, 4.69) is 0 Å². The van der Waals surface area contributed by atoms with E-state index in [4.69, 9.17) is 20.3 Å². The molecule has 1 rings (SSSR count). The molecular weight excluding hydrogens is 313 g/mol. The molecule has 0 aliphatic heterocycles. The monoisotopic (exact) mass is 340 g/mol. The zero-order valence-corrected chi connectivity index (χ0v) is 14.1. The van der Waals surface area contributed by atoms with Crippen molar-refractivity contribution in [3.63, 3.8) is 0 Å². The SMILES string of the molecule is CCC(=O)C1CCC1.NC(=O)CCOCCOCCO.[V]. The Hall–Kier alpha value is -0.396. The summed E-state index contributed by atoms with van der Waals surface area (Å²) >= 11 is 0. The van der Waals surface area contributed by atoms with Crippen LogP contribution >= 0.6 is 0 Å². The number of hydrogen-bond donors (Lipinski definition) is 2. The summed E-state index contributed by atoms with van der Waals surface area (Å²) in [5.74, 6) is 0.558. The van der Waals surface area contributed by atoms with E-state index in [1.165, 1.54) is 6.42 Å². The second-order valence-electron chi connectivity index (χ2n) is 4.61. The molecular formula is C14H27NO5V. The molecule has 0 heterocycles. The van der Waals surface area contributed by atoms with Crippen LogP contribution in [-0.2, 0) is 37.6 Å². The van der Waals surface area contributed by atoms with Crippen molar-refractivity contribution in [3.8, 4) is 0 Å². The topological polar surface area (TPSA) is 98.9 Å². The Kier molecular flexibility index (Phi) is 17.4. The summed E-state index contributed by atoms with van der Waals surface area (Å²) in [7, 11) is 0. The Balaban J connectivity index is 0. The van der Waals surface area contributed by atoms with Gasteiger partial charge in [0.2, 0.25) is 5.91 Å². The molecule has 1 saturated carbocycles. The van der Waals surface area contributed by atoms with Gasteiger partial charge < -0.3 is 20.3 Å². The zero-order chi connectivity index (χ0) is 15.2. The summed E-state index contributed by atoms with van der Waals surface area (Å²) in [6.45, 7) is 3.46. The number of aliphatic hydroxyl groups is 1. The van der Waals surface area contributed by atoms with Gasteiger partial charge in [0.05, 0.1) is 33.0 Å². The average Bonchev–Trinajstić information content (AvgIpc) is 2.36. The minimum atomic E-state index is -0.369. The van der Waals surface area contributed by atoms with Crippen LogP contribution in [0.1, 0.15) is 39.0 Å². The van der Waals surface area contributed by atoms with Gasteiger partial charge in [-0.25, -0.2) is 0 Å². The van der Waals surface area contributed by atoms with Crippen LogP contribution in [0.5, 0.6) is 0 Å². The molecule has 1 radical (unpaired) electrons. The molecule has 0 aromatic rings. The van der Waals surface area contributed by atoms with Gasteiger partial charge in [-0.2, -0.15) is 0 Å². The molecule has 0 spiro atoms. The van der Waals surface area contributed by atoms with Crippen LogP contribution in [0, 0.1) is 5.92 Å². The summed E-state index contributed by atoms with van der Waals surface area (Å²) in [6, 6.07) is 0. The molecule has 0 aromatic heterocycles. The Morgan fingerprint density at radius 2 is 1.71 bits per heavy atom. The number of nitrogens with two attached hydrogens (primary N) is 1. The van der Waals surface area contributed by atoms with Gasteiger partial charge in [-0.15, -0.1) is 0 Å². The van der Waals surface area contributed by atoms with Gasteiger partial charge in [-0.05, 0) is 12.8 Å². The minimum absolute atomic E-state index is 0. The average molecular weight is 340 g/mol. The van der Waals surface area contributed by atoms with Crippen molar-refractivity contribution in [2.75, 3.05) is 33.0 Å². The Morgan fingerprint density at radius 1 is 1.14 bits per heavy atom. The van der Waals surface area contributed by atoms with Crippen molar-refractivity contribution < 1.29 is 42.7 Å². The first-order valence-corrected chi connectivity index (χ1v) is 7.19. The fraction of sp³-hybridized carbons (Fsp3) is 0.857. The van der Waals surface area contributed by atoms with Crippen LogP contribution < -0.4 is 5.73 Å². The van der Waals surface area contributed by atoms with Gasteiger partial charge in [0.1, 0.15) is 5.78 Å². The predicted molar refractivity (Wildman–Crippen MR) is 75.2 cm³/mol. The molecule has 7 heteroatoms. The molecule has 0 bridgehead atoms. The van der Waals surface area contributed by atoms with Crippen LogP contribution in [0.2, 0.25) is 0 Å². The summed E-state index contributed by atoms with van der Waals surface area (Å²) < 4.78 is 9.88. The van der Waals surface area contributed by atoms with E-state index >= 15 is 0 Å². The normalized spacial score (nSPS) is 13.4. The summed E-state index contributed by atoms with van der Waals surface area (Å²) in [6.07, 6.45) is 4.57. The maximum Gasteiger partial charge on any atom is 0.219 e. The Bertz CT molecular complexity index is 272. The molecule has 21 heavy (non-hydrogen) atoms. The van der Waals surface area contributed by atoms with E-state index in [0.29, 0.717) is 38.1 Å². The van der Waals surface area contributed by atoms with Gasteiger partial charge in [-0.3, -0.25) is 9.59 Å². The third-order valence-corrected chi connectivity index (χ3v) is 3.01. The largest absolute Gasteiger partial charge is 0.394 e. The number of Topliss-reactive ketones (excluding diaryl/α,β-unsaturated/α-hetero) is 1. The second-order valence-corrected chi connectivity index (χ2v) is 4.61. The number of primary amides is 1. The molecule has 3 N–H and O–H groups in total. The molecule has 0 atom stereocenters. The molecule has 0 unspecified atom stereocenters. The number of aliphatic hydroxyl groups excluding tert-OH is 1. The first-order valence-electron chi connectivity index (χ1n) is 7.19. The maximum atomic E-state index is 10.8. The van der Waals surface area contributed by atoms with Crippen LogP contribution in [-0.4, -0.2) is 49.8 Å². The first-order chi connectivity index (χ1) is 9.61. The number of amides is 1. The number of rotatable bonds is 10. The third kappa shape index (κ3) is 14.3. The van der Waals surface area contributed by atoms with E-state index in [0.717, 1.165) is 19.3 Å². The molecule has 6 nitrogen and oxygen atoms in total. The quantitative estimate of drug-likeness (QED) is 0.569. The van der Waals surface area contributed by atoms with E-state index in [1.807, 2.05) is 6.92 Å². The molecule has 1 aliphatic rings. The van der Waals surface area contributed by atoms with E-state index in [1.54, 1.807) is 0 Å². The van der Waals surface area contributed by atoms with Crippen molar-refractivity contribution in [2.45, 2.75) is 39.0 Å². The molecule has 0 aromatic carbocycles. The molecule has 1 aliphatic carbocycles. The number of carbonyl (C=O) groups excluding carboxylic acids is 2. The smallest absolute Gasteiger partial charge is 0.219 e. The van der Waals surface area contributed by atoms with E-state index in [-0.39, 0.29) is 37.5 Å². The Morgan fingerprint density at radius 3 is 2.05 bits per heavy atom. The molecule has 0 saturated heterocycles. The summed E-state index contributed by atoms with van der Waals surface area (Å²) in [5.41, 5.74) is 4.87. The number of ether oxygens (including phenoxy) is 2. The van der Waals surface area contributed by atoms with Crippen LogP contribution in [0.4, 0.5) is 0 Å². The van der Waals surface area contributed by atoms with Gasteiger partial charge >= 0.3 is 0 Å². The fourth-order valence-corrected chi connectivity index (χ4v) is 1.58. The molecule has 1 fully saturated rings. The standard InChI is InChI=1S/C7H15NO4.C7H12O.V/c8-7(10)1-3-11-5-6-12-4-2-9;1-2-7(8)6-4-3-5-6;/h9H,1-6H2,(H2,8,10);6H,2-5H2,1H3;. The van der Waals surface area contributed by atoms with Crippen LogP contribution in [0.15, 0.2) is 0 Å².